The van der Waals surface area contributed by atoms with Gasteiger partial charge < -0.3 is 14.8 Å². The lowest BCUT2D eigenvalue weighted by atomic mass is 10.2. The molecule has 0 aliphatic carbocycles. The van der Waals surface area contributed by atoms with Gasteiger partial charge in [0.15, 0.2) is 11.0 Å². The number of benzene rings is 3. The fraction of sp³-hybridized carbons (Fsp3) is 0.125. The molecule has 0 fully saturated rings. The van der Waals surface area contributed by atoms with E-state index in [0.29, 0.717) is 21.7 Å². The molecule has 1 heterocycles. The Kier molecular flexibility index (Phi) is 7.16. The summed E-state index contributed by atoms with van der Waals surface area (Å²) in [6.45, 7) is 0. The smallest absolute Gasteiger partial charge is 0.234 e. The number of hydrogen-bond donors (Lipinski definition) is 1. The topological polar surface area (TPSA) is 78.3 Å². The Balaban J connectivity index is 1.57. The van der Waals surface area contributed by atoms with Crippen LogP contribution in [-0.2, 0) is 4.79 Å². The SMILES string of the molecule is COc1ccc(NC(=O)CSc2nnc(-c3ccc(Cl)cc3)n2-c2ccc(OC)cc2)cc1. The van der Waals surface area contributed by atoms with E-state index in [4.69, 9.17) is 21.1 Å². The number of nitrogens with one attached hydrogen (secondary N) is 1. The van der Waals surface area contributed by atoms with Crippen molar-refractivity contribution < 1.29 is 14.3 Å². The maximum atomic E-state index is 12.5. The number of hydrogen-bond acceptors (Lipinski definition) is 6. The van der Waals surface area contributed by atoms with Crippen molar-refractivity contribution in [2.24, 2.45) is 0 Å². The van der Waals surface area contributed by atoms with Gasteiger partial charge in [0.25, 0.3) is 0 Å². The molecule has 0 bridgehead atoms. The summed E-state index contributed by atoms with van der Waals surface area (Å²) in [4.78, 5) is 12.5. The first-order chi connectivity index (χ1) is 16.1. The van der Waals surface area contributed by atoms with Gasteiger partial charge >= 0.3 is 0 Å². The molecule has 0 aliphatic heterocycles. The zero-order chi connectivity index (χ0) is 23.2. The van der Waals surface area contributed by atoms with E-state index in [1.165, 1.54) is 11.8 Å². The van der Waals surface area contributed by atoms with E-state index >= 15 is 0 Å². The van der Waals surface area contributed by atoms with Crippen LogP contribution >= 0.6 is 23.4 Å². The highest BCUT2D eigenvalue weighted by Crippen LogP contribution is 2.29. The van der Waals surface area contributed by atoms with Crippen molar-refractivity contribution in [3.63, 3.8) is 0 Å². The second-order valence-corrected chi connectivity index (χ2v) is 8.29. The number of halogens is 1. The summed E-state index contributed by atoms with van der Waals surface area (Å²) in [6, 6.07) is 22.1. The lowest BCUT2D eigenvalue weighted by Crippen LogP contribution is -2.14. The van der Waals surface area contributed by atoms with E-state index in [1.54, 1.807) is 50.6 Å². The first kappa shape index (κ1) is 22.7. The highest BCUT2D eigenvalue weighted by Gasteiger charge is 2.17. The Morgan fingerprint density at radius 3 is 2.12 bits per heavy atom. The first-order valence-electron chi connectivity index (χ1n) is 10.00. The van der Waals surface area contributed by atoms with Crippen LogP contribution in [-0.4, -0.2) is 40.6 Å². The van der Waals surface area contributed by atoms with Gasteiger partial charge in [-0.3, -0.25) is 9.36 Å². The molecule has 7 nitrogen and oxygen atoms in total. The van der Waals surface area contributed by atoms with E-state index < -0.39 is 0 Å². The van der Waals surface area contributed by atoms with Gasteiger partial charge in [-0.25, -0.2) is 0 Å². The Hall–Kier alpha value is -3.49. The van der Waals surface area contributed by atoms with Crippen LogP contribution in [0.25, 0.3) is 17.1 Å². The molecule has 33 heavy (non-hydrogen) atoms. The normalized spacial score (nSPS) is 10.6. The second kappa shape index (κ2) is 10.4. The number of thioether (sulfide) groups is 1. The number of anilines is 1. The molecule has 0 saturated heterocycles. The minimum atomic E-state index is -0.150. The van der Waals surface area contributed by atoms with Crippen LogP contribution in [0.2, 0.25) is 5.02 Å². The molecule has 0 spiro atoms. The molecule has 4 rings (SSSR count). The van der Waals surface area contributed by atoms with Gasteiger partial charge in [0.05, 0.1) is 20.0 Å². The Morgan fingerprint density at radius 2 is 1.52 bits per heavy atom. The number of methoxy groups -OCH3 is 2. The van der Waals surface area contributed by atoms with Gasteiger partial charge in [0, 0.05) is 22.0 Å². The van der Waals surface area contributed by atoms with Gasteiger partial charge in [-0.1, -0.05) is 23.4 Å². The van der Waals surface area contributed by atoms with Crippen LogP contribution in [0, 0.1) is 0 Å². The van der Waals surface area contributed by atoms with Crippen LogP contribution in [0.4, 0.5) is 5.69 Å². The van der Waals surface area contributed by atoms with Crippen LogP contribution in [0.3, 0.4) is 0 Å². The largest absolute Gasteiger partial charge is 0.497 e. The van der Waals surface area contributed by atoms with E-state index in [2.05, 4.69) is 15.5 Å². The number of rotatable bonds is 8. The fourth-order valence-corrected chi connectivity index (χ4v) is 3.99. The number of amides is 1. The molecule has 1 amide bonds. The van der Waals surface area contributed by atoms with Gasteiger partial charge in [0.1, 0.15) is 11.5 Å². The Bertz CT molecular complexity index is 1230. The standard InChI is InChI=1S/C24H21ClN4O3S/c1-31-20-11-7-18(8-12-20)26-22(30)15-33-24-28-27-23(16-3-5-17(25)6-4-16)29(24)19-9-13-21(32-2)14-10-19/h3-14H,15H2,1-2H3,(H,26,30). The summed E-state index contributed by atoms with van der Waals surface area (Å²) in [6.07, 6.45) is 0. The van der Waals surface area contributed by atoms with E-state index in [9.17, 15) is 4.79 Å². The zero-order valence-electron chi connectivity index (χ0n) is 18.0. The number of nitrogens with zero attached hydrogens (tertiary/aromatic N) is 3. The molecular formula is C24H21ClN4O3S. The number of carbonyl (C=O) groups is 1. The van der Waals surface area contributed by atoms with Crippen molar-refractivity contribution in [1.82, 2.24) is 14.8 Å². The maximum absolute atomic E-state index is 12.5. The summed E-state index contributed by atoms with van der Waals surface area (Å²) in [5, 5.41) is 12.8. The molecule has 9 heteroatoms. The van der Waals surface area contributed by atoms with Gasteiger partial charge in [-0.05, 0) is 72.8 Å². The molecular weight excluding hydrogens is 460 g/mol. The van der Waals surface area contributed by atoms with Gasteiger partial charge in [-0.2, -0.15) is 0 Å². The van der Waals surface area contributed by atoms with Crippen molar-refractivity contribution in [3.8, 4) is 28.6 Å². The second-order valence-electron chi connectivity index (χ2n) is 6.91. The lowest BCUT2D eigenvalue weighted by Gasteiger charge is -2.11. The molecule has 0 atom stereocenters. The minimum Gasteiger partial charge on any atom is -0.497 e. The average molecular weight is 481 g/mol. The molecule has 0 saturated carbocycles. The van der Waals surface area contributed by atoms with Gasteiger partial charge in [0.2, 0.25) is 5.91 Å². The van der Waals surface area contributed by atoms with Crippen molar-refractivity contribution in [2.45, 2.75) is 5.16 Å². The average Bonchev–Trinajstić information content (AvgIpc) is 3.27. The molecule has 1 aromatic heterocycles. The molecule has 0 aliphatic rings. The Labute approximate surface area is 200 Å². The first-order valence-corrected chi connectivity index (χ1v) is 11.4. The monoisotopic (exact) mass is 480 g/mol. The van der Waals surface area contributed by atoms with Crippen molar-refractivity contribution in [1.29, 1.82) is 0 Å². The van der Waals surface area contributed by atoms with Crippen molar-refractivity contribution >= 4 is 35.0 Å². The summed E-state index contributed by atoms with van der Waals surface area (Å²) in [5.41, 5.74) is 2.40. The summed E-state index contributed by atoms with van der Waals surface area (Å²) in [5.74, 6) is 2.14. The third kappa shape index (κ3) is 5.47. The third-order valence-corrected chi connectivity index (χ3v) is 5.95. The van der Waals surface area contributed by atoms with Crippen LogP contribution in [0.1, 0.15) is 0 Å². The van der Waals surface area contributed by atoms with E-state index in [1.807, 2.05) is 41.0 Å². The number of carbonyl (C=O) groups excluding carboxylic acids is 1. The quantitative estimate of drug-likeness (QED) is 0.343. The summed E-state index contributed by atoms with van der Waals surface area (Å²) in [7, 11) is 3.22. The van der Waals surface area contributed by atoms with Crippen molar-refractivity contribution in [2.75, 3.05) is 25.3 Å². The number of ether oxygens (including phenoxy) is 2. The molecule has 3 aromatic carbocycles. The van der Waals surface area contributed by atoms with Gasteiger partial charge in [-0.15, -0.1) is 10.2 Å². The molecule has 0 unspecified atom stereocenters. The highest BCUT2D eigenvalue weighted by molar-refractivity contribution is 7.99. The molecule has 1 N–H and O–H groups in total. The zero-order valence-corrected chi connectivity index (χ0v) is 19.6. The summed E-state index contributed by atoms with van der Waals surface area (Å²) < 4.78 is 12.3. The van der Waals surface area contributed by atoms with Crippen LogP contribution < -0.4 is 14.8 Å². The summed E-state index contributed by atoms with van der Waals surface area (Å²) >= 11 is 7.35. The molecule has 168 valence electrons. The van der Waals surface area contributed by atoms with Crippen LogP contribution in [0.15, 0.2) is 78.0 Å². The Morgan fingerprint density at radius 1 is 0.909 bits per heavy atom. The predicted molar refractivity (Wildman–Crippen MR) is 131 cm³/mol. The molecule has 4 aromatic rings. The van der Waals surface area contributed by atoms with Crippen LogP contribution in [0.5, 0.6) is 11.5 Å². The fourth-order valence-electron chi connectivity index (χ4n) is 3.11. The molecule has 0 radical (unpaired) electrons. The van der Waals surface area contributed by atoms with Crippen molar-refractivity contribution in [3.05, 3.63) is 77.8 Å². The lowest BCUT2D eigenvalue weighted by molar-refractivity contribution is -0.113. The third-order valence-electron chi connectivity index (χ3n) is 4.77. The highest BCUT2D eigenvalue weighted by atomic mass is 35.5. The maximum Gasteiger partial charge on any atom is 0.234 e. The minimum absolute atomic E-state index is 0.150. The number of aromatic nitrogens is 3. The van der Waals surface area contributed by atoms with E-state index in [-0.39, 0.29) is 11.7 Å². The predicted octanol–water partition coefficient (Wildman–Crippen LogP) is 5.34. The van der Waals surface area contributed by atoms with E-state index in [0.717, 1.165) is 22.7 Å².